The molecule has 2 heterocycles. The fourth-order valence-corrected chi connectivity index (χ4v) is 3.52. The minimum Gasteiger partial charge on any atom is -0.342 e. The van der Waals surface area contributed by atoms with Gasteiger partial charge in [0.05, 0.1) is 5.92 Å². The molecule has 1 N–H and O–H groups in total. The van der Waals surface area contributed by atoms with Crippen molar-refractivity contribution in [2.45, 2.75) is 44.3 Å². The van der Waals surface area contributed by atoms with E-state index < -0.39 is 24.5 Å². The third kappa shape index (κ3) is 5.74. The molecule has 0 aromatic rings. The van der Waals surface area contributed by atoms with Crippen LogP contribution in [-0.4, -0.2) is 66.6 Å². The van der Waals surface area contributed by atoms with Gasteiger partial charge in [-0.1, -0.05) is 0 Å². The lowest BCUT2D eigenvalue weighted by Gasteiger charge is -2.34. The van der Waals surface area contributed by atoms with Gasteiger partial charge in [0.25, 0.3) is 0 Å². The predicted octanol–water partition coefficient (Wildman–Crippen LogP) is 1.81. The predicted molar refractivity (Wildman–Crippen MR) is 88.3 cm³/mol. The minimum atomic E-state index is -4.42. The molecule has 25 heavy (non-hydrogen) atoms. The summed E-state index contributed by atoms with van der Waals surface area (Å²) < 4.78 is 37.3. The number of hydrogen-bond donors (Lipinski definition) is 1. The van der Waals surface area contributed by atoms with Crippen LogP contribution in [0.15, 0.2) is 0 Å². The summed E-state index contributed by atoms with van der Waals surface area (Å²) in [6.45, 7) is 0.901. The van der Waals surface area contributed by atoms with Gasteiger partial charge in [0.1, 0.15) is 6.54 Å². The molecule has 1 unspecified atom stereocenters. The van der Waals surface area contributed by atoms with Crippen molar-refractivity contribution in [3.05, 3.63) is 0 Å². The zero-order chi connectivity index (χ0) is 17.3. The summed E-state index contributed by atoms with van der Waals surface area (Å²) in [5.74, 6) is -0.565. The molecule has 0 aromatic heterocycles. The van der Waals surface area contributed by atoms with Crippen LogP contribution in [0.3, 0.4) is 0 Å². The standard InChI is InChI=1S/C16H24F3N3O2.ClH/c17-16(18,19)10-22-9-12(7-14(22)23)15(24)21-5-3-13(4-6-21)20-8-11-1-2-11;/h11-13,20H,1-10H2;1H. The van der Waals surface area contributed by atoms with E-state index in [2.05, 4.69) is 5.32 Å². The molecule has 2 aliphatic heterocycles. The van der Waals surface area contributed by atoms with Crippen LogP contribution in [0.25, 0.3) is 0 Å². The molecule has 1 aliphatic carbocycles. The molecule has 5 nitrogen and oxygen atoms in total. The summed E-state index contributed by atoms with van der Waals surface area (Å²) in [5, 5.41) is 3.53. The first-order valence-electron chi connectivity index (χ1n) is 8.68. The Balaban J connectivity index is 0.00000225. The lowest BCUT2D eigenvalue weighted by atomic mass is 10.0. The van der Waals surface area contributed by atoms with E-state index in [1.807, 2.05) is 0 Å². The van der Waals surface area contributed by atoms with Crippen LogP contribution in [0.2, 0.25) is 0 Å². The molecular formula is C16H25ClF3N3O2. The van der Waals surface area contributed by atoms with Crippen LogP contribution in [0, 0.1) is 11.8 Å². The number of rotatable bonds is 5. The Morgan fingerprint density at radius 1 is 1.16 bits per heavy atom. The molecule has 1 atom stereocenters. The highest BCUT2D eigenvalue weighted by atomic mass is 35.5. The molecular weight excluding hydrogens is 359 g/mol. The van der Waals surface area contributed by atoms with Crippen molar-refractivity contribution >= 4 is 24.2 Å². The number of amides is 2. The average Bonchev–Trinajstić information content (AvgIpc) is 3.28. The number of nitrogens with one attached hydrogen (secondary N) is 1. The van der Waals surface area contributed by atoms with E-state index in [9.17, 15) is 22.8 Å². The van der Waals surface area contributed by atoms with Crippen LogP contribution in [0.4, 0.5) is 13.2 Å². The van der Waals surface area contributed by atoms with E-state index in [1.165, 1.54) is 12.8 Å². The van der Waals surface area contributed by atoms with Crippen LogP contribution in [-0.2, 0) is 9.59 Å². The molecule has 3 fully saturated rings. The Morgan fingerprint density at radius 3 is 2.36 bits per heavy atom. The monoisotopic (exact) mass is 383 g/mol. The second-order valence-corrected chi connectivity index (χ2v) is 7.24. The molecule has 3 rings (SSSR count). The van der Waals surface area contributed by atoms with Gasteiger partial charge >= 0.3 is 6.18 Å². The van der Waals surface area contributed by atoms with Gasteiger partial charge < -0.3 is 15.1 Å². The van der Waals surface area contributed by atoms with E-state index in [4.69, 9.17) is 0 Å². The van der Waals surface area contributed by atoms with E-state index in [0.29, 0.717) is 19.1 Å². The van der Waals surface area contributed by atoms with E-state index in [0.717, 1.165) is 30.2 Å². The minimum absolute atomic E-state index is 0. The fraction of sp³-hybridized carbons (Fsp3) is 0.875. The molecule has 1 saturated carbocycles. The lowest BCUT2D eigenvalue weighted by Crippen LogP contribution is -2.47. The highest BCUT2D eigenvalue weighted by Crippen LogP contribution is 2.29. The van der Waals surface area contributed by atoms with Gasteiger partial charge in [-0.15, -0.1) is 12.4 Å². The van der Waals surface area contributed by atoms with Crippen molar-refractivity contribution < 1.29 is 22.8 Å². The number of nitrogens with zero attached hydrogens (tertiary/aromatic N) is 2. The van der Waals surface area contributed by atoms with Gasteiger partial charge in [-0.25, -0.2) is 0 Å². The normalized spacial score (nSPS) is 25.2. The van der Waals surface area contributed by atoms with Crippen molar-refractivity contribution in [1.29, 1.82) is 0 Å². The first kappa shape index (κ1) is 20.3. The van der Waals surface area contributed by atoms with E-state index in [-0.39, 0.29) is 31.3 Å². The highest BCUT2D eigenvalue weighted by Gasteiger charge is 2.42. The molecule has 9 heteroatoms. The molecule has 2 saturated heterocycles. The molecule has 3 aliphatic rings. The Bertz CT molecular complexity index is 492. The first-order chi connectivity index (χ1) is 11.3. The van der Waals surface area contributed by atoms with Crippen molar-refractivity contribution in [2.75, 3.05) is 32.7 Å². The largest absolute Gasteiger partial charge is 0.406 e. The van der Waals surface area contributed by atoms with Crippen molar-refractivity contribution in [3.63, 3.8) is 0 Å². The number of carbonyl (C=O) groups is 2. The average molecular weight is 384 g/mol. The molecule has 2 amide bonds. The quantitative estimate of drug-likeness (QED) is 0.787. The number of likely N-dealkylation sites (tertiary alicyclic amines) is 2. The van der Waals surface area contributed by atoms with Crippen LogP contribution < -0.4 is 5.32 Å². The van der Waals surface area contributed by atoms with Crippen LogP contribution >= 0.6 is 12.4 Å². The van der Waals surface area contributed by atoms with Gasteiger partial charge in [-0.2, -0.15) is 13.2 Å². The summed E-state index contributed by atoms with van der Waals surface area (Å²) in [6, 6.07) is 0.418. The fourth-order valence-electron chi connectivity index (χ4n) is 3.52. The maximum Gasteiger partial charge on any atom is 0.406 e. The van der Waals surface area contributed by atoms with E-state index in [1.54, 1.807) is 4.90 Å². The highest BCUT2D eigenvalue weighted by molar-refractivity contribution is 5.89. The number of halogens is 4. The zero-order valence-electron chi connectivity index (χ0n) is 14.1. The lowest BCUT2D eigenvalue weighted by molar-refractivity contribution is -0.157. The van der Waals surface area contributed by atoms with Gasteiger partial charge in [-0.3, -0.25) is 9.59 Å². The number of alkyl halides is 3. The van der Waals surface area contributed by atoms with Crippen LogP contribution in [0.5, 0.6) is 0 Å². The molecule has 0 bridgehead atoms. The second kappa shape index (κ2) is 8.12. The van der Waals surface area contributed by atoms with Crippen LogP contribution in [0.1, 0.15) is 32.1 Å². The summed E-state index contributed by atoms with van der Waals surface area (Å²) in [4.78, 5) is 26.7. The van der Waals surface area contributed by atoms with Crippen molar-refractivity contribution in [1.82, 2.24) is 15.1 Å². The van der Waals surface area contributed by atoms with Gasteiger partial charge in [-0.05, 0) is 38.1 Å². The van der Waals surface area contributed by atoms with Crippen molar-refractivity contribution in [3.8, 4) is 0 Å². The Labute approximate surface area is 151 Å². The SMILES string of the molecule is Cl.O=C1CC(C(=O)N2CCC(NCC3CC3)CC2)CN1CC(F)(F)F. The summed E-state index contributed by atoms with van der Waals surface area (Å²) in [6.07, 6.45) is -0.187. The molecule has 0 aromatic carbocycles. The molecule has 0 spiro atoms. The molecule has 0 radical (unpaired) electrons. The summed E-state index contributed by atoms with van der Waals surface area (Å²) in [5.41, 5.74) is 0. The molecule has 144 valence electrons. The number of carbonyl (C=O) groups excluding carboxylic acids is 2. The zero-order valence-corrected chi connectivity index (χ0v) is 14.9. The van der Waals surface area contributed by atoms with Gasteiger partial charge in [0.2, 0.25) is 11.8 Å². The first-order valence-corrected chi connectivity index (χ1v) is 8.68. The van der Waals surface area contributed by atoms with Crippen molar-refractivity contribution in [2.24, 2.45) is 11.8 Å². The Morgan fingerprint density at radius 2 is 1.80 bits per heavy atom. The Kier molecular flexibility index (Phi) is 6.59. The summed E-state index contributed by atoms with van der Waals surface area (Å²) >= 11 is 0. The third-order valence-corrected chi connectivity index (χ3v) is 5.13. The van der Waals surface area contributed by atoms with Gasteiger partial charge in [0, 0.05) is 32.1 Å². The number of hydrogen-bond acceptors (Lipinski definition) is 3. The Hall–Kier alpha value is -1.02. The third-order valence-electron chi connectivity index (χ3n) is 5.13. The van der Waals surface area contributed by atoms with Gasteiger partial charge in [0.15, 0.2) is 0 Å². The smallest absolute Gasteiger partial charge is 0.342 e. The second-order valence-electron chi connectivity index (χ2n) is 7.24. The summed E-state index contributed by atoms with van der Waals surface area (Å²) in [7, 11) is 0. The maximum atomic E-state index is 12.5. The number of piperidine rings is 1. The van der Waals surface area contributed by atoms with E-state index >= 15 is 0 Å². The maximum absolute atomic E-state index is 12.5. The topological polar surface area (TPSA) is 52.7 Å².